The molecule has 0 bridgehead atoms. The van der Waals surface area contributed by atoms with Crippen molar-refractivity contribution in [3.63, 3.8) is 0 Å². The Morgan fingerprint density at radius 3 is 2.78 bits per heavy atom. The van der Waals surface area contributed by atoms with Gasteiger partial charge >= 0.3 is 0 Å². The number of nitrogens with zero attached hydrogens (tertiary/aromatic N) is 6. The number of aromatic nitrogens is 4. The monoisotopic (exact) mass is 253 g/mol. The van der Waals surface area contributed by atoms with Crippen molar-refractivity contribution in [1.82, 2.24) is 25.1 Å². The van der Waals surface area contributed by atoms with Crippen molar-refractivity contribution in [3.05, 3.63) is 0 Å². The minimum atomic E-state index is 0.563. The summed E-state index contributed by atoms with van der Waals surface area (Å²) >= 11 is 0. The highest BCUT2D eigenvalue weighted by Gasteiger charge is 2.19. The first-order chi connectivity index (χ1) is 8.70. The Balaban J connectivity index is 1.90. The lowest BCUT2D eigenvalue weighted by molar-refractivity contribution is 0.255. The van der Waals surface area contributed by atoms with Crippen molar-refractivity contribution >= 4 is 5.95 Å². The second-order valence-corrected chi connectivity index (χ2v) is 5.08. The number of tetrazole rings is 1. The minimum absolute atomic E-state index is 0.563. The van der Waals surface area contributed by atoms with E-state index < -0.39 is 0 Å². The largest absolute Gasteiger partial charge is 0.338 e. The molecule has 1 aliphatic rings. The molecule has 1 fully saturated rings. The molecule has 0 aliphatic carbocycles. The fourth-order valence-corrected chi connectivity index (χ4v) is 2.36. The molecule has 0 spiro atoms. The van der Waals surface area contributed by atoms with Gasteiger partial charge in [0.1, 0.15) is 0 Å². The Kier molecular flexibility index (Phi) is 4.48. The zero-order valence-corrected chi connectivity index (χ0v) is 11.3. The van der Waals surface area contributed by atoms with Crippen LogP contribution >= 0.6 is 0 Å². The molecule has 1 unspecified atom stereocenters. The van der Waals surface area contributed by atoms with Gasteiger partial charge in [-0.2, -0.15) is 0 Å². The van der Waals surface area contributed by atoms with Gasteiger partial charge in [0.05, 0.1) is 0 Å². The Labute approximate surface area is 108 Å². The van der Waals surface area contributed by atoms with E-state index in [1.54, 1.807) is 4.68 Å². The van der Waals surface area contributed by atoms with Crippen LogP contribution in [0.4, 0.5) is 5.95 Å². The van der Waals surface area contributed by atoms with Gasteiger partial charge in [-0.25, -0.2) is 4.68 Å². The quantitative estimate of drug-likeness (QED) is 0.766. The lowest BCUT2D eigenvalue weighted by Gasteiger charge is -2.23. The summed E-state index contributed by atoms with van der Waals surface area (Å²) in [7, 11) is 1.88. The Hall–Kier alpha value is -1.21. The van der Waals surface area contributed by atoms with Crippen LogP contribution in [0.1, 0.15) is 13.3 Å². The van der Waals surface area contributed by atoms with Crippen molar-refractivity contribution < 1.29 is 0 Å². The van der Waals surface area contributed by atoms with Gasteiger partial charge in [0.2, 0.25) is 5.95 Å². The first-order valence-corrected chi connectivity index (χ1v) is 6.60. The van der Waals surface area contributed by atoms with E-state index in [1.165, 1.54) is 0 Å². The molecule has 1 atom stereocenters. The van der Waals surface area contributed by atoms with Gasteiger partial charge in [0, 0.05) is 33.2 Å². The molecule has 7 nitrogen and oxygen atoms in total. The molecule has 0 aromatic carbocycles. The second kappa shape index (κ2) is 6.10. The number of anilines is 1. The van der Waals surface area contributed by atoms with Gasteiger partial charge in [0.15, 0.2) is 0 Å². The summed E-state index contributed by atoms with van der Waals surface area (Å²) in [6.45, 7) is 8.22. The molecule has 18 heavy (non-hydrogen) atoms. The lowest BCUT2D eigenvalue weighted by atomic mass is 10.1. The van der Waals surface area contributed by atoms with E-state index in [0.717, 1.165) is 51.6 Å². The zero-order chi connectivity index (χ0) is 13.0. The van der Waals surface area contributed by atoms with Gasteiger partial charge < -0.3 is 15.5 Å². The molecule has 0 amide bonds. The summed E-state index contributed by atoms with van der Waals surface area (Å²) < 4.78 is 1.73. The summed E-state index contributed by atoms with van der Waals surface area (Å²) in [6.07, 6.45) is 1.14. The molecule has 1 aromatic heterocycles. The second-order valence-electron chi connectivity index (χ2n) is 5.08. The standard InChI is InChI=1S/C11H23N7/c1-10(8-12)9-17-4-3-5-18(7-6-17)11-13-14-15-16(11)2/h10H,3-9,12H2,1-2H3. The Morgan fingerprint density at radius 1 is 1.28 bits per heavy atom. The molecule has 0 saturated carbocycles. The Morgan fingerprint density at radius 2 is 2.11 bits per heavy atom. The van der Waals surface area contributed by atoms with E-state index in [2.05, 4.69) is 32.2 Å². The first-order valence-electron chi connectivity index (χ1n) is 6.60. The normalized spacial score (nSPS) is 19.8. The van der Waals surface area contributed by atoms with Gasteiger partial charge in [-0.1, -0.05) is 12.0 Å². The van der Waals surface area contributed by atoms with Gasteiger partial charge in [-0.15, -0.1) is 0 Å². The van der Waals surface area contributed by atoms with E-state index in [4.69, 9.17) is 5.73 Å². The number of hydrogen-bond donors (Lipinski definition) is 1. The van der Waals surface area contributed by atoms with Crippen LogP contribution in [0.15, 0.2) is 0 Å². The maximum atomic E-state index is 5.69. The average molecular weight is 253 g/mol. The van der Waals surface area contributed by atoms with E-state index in [0.29, 0.717) is 5.92 Å². The van der Waals surface area contributed by atoms with E-state index in [-0.39, 0.29) is 0 Å². The molecule has 102 valence electrons. The molecular formula is C11H23N7. The number of aryl methyl sites for hydroxylation is 1. The van der Waals surface area contributed by atoms with Crippen molar-refractivity contribution in [2.75, 3.05) is 44.2 Å². The number of hydrogen-bond acceptors (Lipinski definition) is 6. The average Bonchev–Trinajstić information content (AvgIpc) is 2.66. The van der Waals surface area contributed by atoms with Crippen LogP contribution in [0, 0.1) is 5.92 Å². The molecule has 1 aliphatic heterocycles. The van der Waals surface area contributed by atoms with Crippen LogP contribution in [0.25, 0.3) is 0 Å². The first kappa shape index (κ1) is 13.2. The van der Waals surface area contributed by atoms with Gasteiger partial charge in [-0.3, -0.25) is 0 Å². The van der Waals surface area contributed by atoms with Crippen molar-refractivity contribution in [3.8, 4) is 0 Å². The van der Waals surface area contributed by atoms with E-state index in [9.17, 15) is 0 Å². The smallest absolute Gasteiger partial charge is 0.245 e. The maximum absolute atomic E-state index is 5.69. The summed E-state index contributed by atoms with van der Waals surface area (Å²) in [5.41, 5.74) is 5.69. The van der Waals surface area contributed by atoms with Crippen LogP contribution < -0.4 is 10.6 Å². The molecular weight excluding hydrogens is 230 g/mol. The maximum Gasteiger partial charge on any atom is 0.245 e. The van der Waals surface area contributed by atoms with Crippen molar-refractivity contribution in [1.29, 1.82) is 0 Å². The van der Waals surface area contributed by atoms with Crippen LogP contribution in [0.3, 0.4) is 0 Å². The highest BCUT2D eigenvalue weighted by atomic mass is 15.6. The highest BCUT2D eigenvalue weighted by molar-refractivity contribution is 5.27. The van der Waals surface area contributed by atoms with Crippen LogP contribution in [0.2, 0.25) is 0 Å². The fourth-order valence-electron chi connectivity index (χ4n) is 2.36. The molecule has 1 saturated heterocycles. The summed E-state index contributed by atoms with van der Waals surface area (Å²) in [5, 5.41) is 11.7. The zero-order valence-electron chi connectivity index (χ0n) is 11.3. The predicted molar refractivity (Wildman–Crippen MR) is 70.3 cm³/mol. The number of rotatable bonds is 4. The van der Waals surface area contributed by atoms with Crippen LogP contribution in [0.5, 0.6) is 0 Å². The molecule has 7 heteroatoms. The van der Waals surface area contributed by atoms with Crippen LogP contribution in [-0.2, 0) is 7.05 Å². The van der Waals surface area contributed by atoms with Gasteiger partial charge in [0.25, 0.3) is 0 Å². The van der Waals surface area contributed by atoms with Gasteiger partial charge in [-0.05, 0) is 35.9 Å². The van der Waals surface area contributed by atoms with E-state index >= 15 is 0 Å². The highest BCUT2D eigenvalue weighted by Crippen LogP contribution is 2.12. The summed E-state index contributed by atoms with van der Waals surface area (Å²) in [5.74, 6) is 1.43. The Bertz CT molecular complexity index is 364. The third-order valence-corrected chi connectivity index (χ3v) is 3.44. The molecule has 2 rings (SSSR count). The third-order valence-electron chi connectivity index (χ3n) is 3.44. The minimum Gasteiger partial charge on any atom is -0.338 e. The molecule has 1 aromatic rings. The van der Waals surface area contributed by atoms with E-state index in [1.807, 2.05) is 7.05 Å². The van der Waals surface area contributed by atoms with Crippen LogP contribution in [-0.4, -0.2) is 64.4 Å². The third kappa shape index (κ3) is 3.17. The lowest BCUT2D eigenvalue weighted by Crippen LogP contribution is -2.35. The summed E-state index contributed by atoms with van der Waals surface area (Å²) in [4.78, 5) is 4.74. The van der Waals surface area contributed by atoms with Crippen molar-refractivity contribution in [2.45, 2.75) is 13.3 Å². The molecule has 2 N–H and O–H groups in total. The fraction of sp³-hybridized carbons (Fsp3) is 0.909. The predicted octanol–water partition coefficient (Wildman–Crippen LogP) is -0.683. The molecule has 0 radical (unpaired) electrons. The molecule has 2 heterocycles. The summed E-state index contributed by atoms with van der Waals surface area (Å²) in [6, 6.07) is 0. The number of nitrogens with two attached hydrogens (primary N) is 1. The van der Waals surface area contributed by atoms with Crippen molar-refractivity contribution in [2.24, 2.45) is 18.7 Å². The SMILES string of the molecule is CC(CN)CN1CCCN(c2nnnn2C)CC1. The topological polar surface area (TPSA) is 76.1 Å².